The molecule has 164 valence electrons. The molecule has 0 fully saturated rings. The van der Waals surface area contributed by atoms with Gasteiger partial charge in [0.25, 0.3) is 0 Å². The van der Waals surface area contributed by atoms with Crippen molar-refractivity contribution in [2.45, 2.75) is 33.2 Å². The second kappa shape index (κ2) is 8.34. The molecule has 0 aliphatic rings. The van der Waals surface area contributed by atoms with E-state index in [2.05, 4.69) is 5.32 Å². The number of carbonyl (C=O) groups excluding carboxylic acids is 2. The molecule has 0 saturated carbocycles. The van der Waals surface area contributed by atoms with Crippen LogP contribution in [-0.4, -0.2) is 17.9 Å². The molecule has 2 aromatic heterocycles. The molecule has 0 aliphatic heterocycles. The van der Waals surface area contributed by atoms with Crippen LogP contribution in [0.5, 0.6) is 0 Å². The summed E-state index contributed by atoms with van der Waals surface area (Å²) in [6.07, 6.45) is 1.36. The van der Waals surface area contributed by atoms with Crippen molar-refractivity contribution >= 4 is 33.8 Å². The minimum atomic E-state index is -1.37. The van der Waals surface area contributed by atoms with E-state index < -0.39 is 23.5 Å². The quantitative estimate of drug-likeness (QED) is 0.469. The zero-order chi connectivity index (χ0) is 23.0. The Morgan fingerprint density at radius 3 is 2.44 bits per heavy atom. The van der Waals surface area contributed by atoms with Gasteiger partial charge in [-0.25, -0.2) is 4.79 Å². The molecule has 1 N–H and O–H groups in total. The summed E-state index contributed by atoms with van der Waals surface area (Å²) in [5, 5.41) is 15.2. The first kappa shape index (κ1) is 21.4. The second-order valence-corrected chi connectivity index (χ2v) is 8.14. The van der Waals surface area contributed by atoms with Crippen molar-refractivity contribution in [3.8, 4) is 11.1 Å². The topological polar surface area (TPSA) is 113 Å². The van der Waals surface area contributed by atoms with E-state index >= 15 is 0 Å². The summed E-state index contributed by atoms with van der Waals surface area (Å²) < 4.78 is 11.2. The molecule has 1 amide bonds. The third-order valence-corrected chi connectivity index (χ3v) is 5.64. The highest BCUT2D eigenvalue weighted by Gasteiger charge is 2.21. The first-order valence-electron chi connectivity index (χ1n) is 10.3. The van der Waals surface area contributed by atoms with Crippen molar-refractivity contribution in [1.29, 1.82) is 0 Å². The summed E-state index contributed by atoms with van der Waals surface area (Å²) >= 11 is 0. The smallest absolute Gasteiger partial charge is 0.340 e. The molecule has 4 rings (SSSR count). The highest BCUT2D eigenvalue weighted by atomic mass is 16.4. The number of amides is 1. The van der Waals surface area contributed by atoms with Gasteiger partial charge in [0.05, 0.1) is 30.3 Å². The van der Waals surface area contributed by atoms with Crippen LogP contribution in [0.2, 0.25) is 0 Å². The standard InChI is InChI=1S/C25H23NO6/c1-13(2)23(24(28)29)26-22(27)10-17-14(3)16-9-18-19(15-7-5-4-6-8-15)12-31-20(18)11-21(16)32-25(17)30/h4-9,11-13,23H,10H2,1-3H3,(H,26,27)(H,28,29)/p-1/t23-/m0/s1. The highest BCUT2D eigenvalue weighted by molar-refractivity contribution is 6.02. The van der Waals surface area contributed by atoms with Gasteiger partial charge < -0.3 is 24.1 Å². The van der Waals surface area contributed by atoms with E-state index in [9.17, 15) is 19.5 Å². The van der Waals surface area contributed by atoms with E-state index in [1.54, 1.807) is 33.1 Å². The van der Waals surface area contributed by atoms with E-state index in [4.69, 9.17) is 8.83 Å². The summed E-state index contributed by atoms with van der Waals surface area (Å²) in [6, 6.07) is 12.2. The molecule has 0 radical (unpaired) electrons. The van der Waals surface area contributed by atoms with Gasteiger partial charge in [0, 0.05) is 22.4 Å². The van der Waals surface area contributed by atoms with Gasteiger partial charge >= 0.3 is 5.63 Å². The monoisotopic (exact) mass is 432 g/mol. The summed E-state index contributed by atoms with van der Waals surface area (Å²) in [7, 11) is 0. The minimum absolute atomic E-state index is 0.181. The molecular formula is C25H22NO6-. The fraction of sp³-hybridized carbons (Fsp3) is 0.240. The molecule has 0 unspecified atom stereocenters. The van der Waals surface area contributed by atoms with Gasteiger partial charge in [-0.3, -0.25) is 4.79 Å². The number of aryl methyl sites for hydroxylation is 1. The number of hydrogen-bond acceptors (Lipinski definition) is 6. The Balaban J connectivity index is 1.76. The average molecular weight is 432 g/mol. The lowest BCUT2D eigenvalue weighted by Crippen LogP contribution is -2.51. The second-order valence-electron chi connectivity index (χ2n) is 8.14. The third-order valence-electron chi connectivity index (χ3n) is 5.64. The molecule has 7 nitrogen and oxygen atoms in total. The number of rotatable bonds is 6. The van der Waals surface area contributed by atoms with Gasteiger partial charge in [0.15, 0.2) is 0 Å². The van der Waals surface area contributed by atoms with Crippen LogP contribution in [0.15, 0.2) is 62.4 Å². The maximum absolute atomic E-state index is 12.6. The SMILES string of the molecule is Cc1c(CC(=O)N[C@H](C(=O)[O-])C(C)C)c(=O)oc2cc3occ(-c4ccccc4)c3cc12. The first-order chi connectivity index (χ1) is 15.3. The average Bonchev–Trinajstić information content (AvgIpc) is 3.17. The number of fused-ring (bicyclic) bond motifs is 2. The van der Waals surface area contributed by atoms with Crippen molar-refractivity contribution < 1.29 is 23.5 Å². The number of carboxylic acid groups (broad SMARTS) is 1. The zero-order valence-corrected chi connectivity index (χ0v) is 17.9. The molecule has 2 aromatic carbocycles. The van der Waals surface area contributed by atoms with Gasteiger partial charge in [0.1, 0.15) is 11.2 Å². The van der Waals surface area contributed by atoms with Gasteiger partial charge in [-0.2, -0.15) is 0 Å². The normalized spacial score (nSPS) is 12.4. The minimum Gasteiger partial charge on any atom is -0.548 e. The van der Waals surface area contributed by atoms with Crippen LogP contribution in [0.3, 0.4) is 0 Å². The summed E-state index contributed by atoms with van der Waals surface area (Å²) in [5.41, 5.74) is 2.96. The predicted octanol–water partition coefficient (Wildman–Crippen LogP) is 2.95. The van der Waals surface area contributed by atoms with Crippen LogP contribution in [-0.2, 0) is 16.0 Å². The lowest BCUT2D eigenvalue weighted by Gasteiger charge is -2.23. The number of benzene rings is 2. The van der Waals surface area contributed by atoms with E-state index in [-0.39, 0.29) is 17.9 Å². The molecule has 0 aliphatic carbocycles. The van der Waals surface area contributed by atoms with Gasteiger partial charge in [-0.05, 0) is 30.0 Å². The third kappa shape index (κ3) is 3.89. The fourth-order valence-corrected chi connectivity index (χ4v) is 3.84. The molecule has 4 aromatic rings. The van der Waals surface area contributed by atoms with Gasteiger partial charge in [-0.15, -0.1) is 0 Å². The van der Waals surface area contributed by atoms with Gasteiger partial charge in [-0.1, -0.05) is 44.2 Å². The molecular weight excluding hydrogens is 410 g/mol. The lowest BCUT2D eigenvalue weighted by atomic mass is 9.99. The maximum Gasteiger partial charge on any atom is 0.340 e. The molecule has 0 spiro atoms. The largest absolute Gasteiger partial charge is 0.548 e. The Bertz CT molecular complexity index is 1380. The van der Waals surface area contributed by atoms with Crippen molar-refractivity contribution in [1.82, 2.24) is 5.32 Å². The summed E-state index contributed by atoms with van der Waals surface area (Å²) in [4.78, 5) is 36.4. The number of aliphatic carboxylic acids is 1. The molecule has 32 heavy (non-hydrogen) atoms. The molecule has 7 heteroatoms. The number of hydrogen-bond donors (Lipinski definition) is 1. The van der Waals surface area contributed by atoms with E-state index in [1.807, 2.05) is 36.4 Å². The van der Waals surface area contributed by atoms with Crippen LogP contribution in [0.25, 0.3) is 33.1 Å². The molecule has 1 atom stereocenters. The zero-order valence-electron chi connectivity index (χ0n) is 17.9. The number of carboxylic acids is 1. The molecule has 2 heterocycles. The van der Waals surface area contributed by atoms with E-state index in [1.165, 1.54) is 0 Å². The maximum atomic E-state index is 12.6. The lowest BCUT2D eigenvalue weighted by molar-refractivity contribution is -0.309. The van der Waals surface area contributed by atoms with Crippen LogP contribution in [0.1, 0.15) is 25.0 Å². The Labute approximate surface area is 183 Å². The highest BCUT2D eigenvalue weighted by Crippen LogP contribution is 2.34. The summed E-state index contributed by atoms with van der Waals surface area (Å²) in [6.45, 7) is 5.07. The van der Waals surface area contributed by atoms with Crippen LogP contribution in [0, 0.1) is 12.8 Å². The number of furan rings is 1. The summed E-state index contributed by atoms with van der Waals surface area (Å²) in [5.74, 6) is -2.31. The van der Waals surface area contributed by atoms with Gasteiger partial charge in [0.2, 0.25) is 5.91 Å². The van der Waals surface area contributed by atoms with E-state index in [0.29, 0.717) is 22.1 Å². The fourth-order valence-electron chi connectivity index (χ4n) is 3.84. The Kier molecular flexibility index (Phi) is 5.57. The first-order valence-corrected chi connectivity index (χ1v) is 10.3. The molecule has 0 saturated heterocycles. The predicted molar refractivity (Wildman–Crippen MR) is 118 cm³/mol. The van der Waals surface area contributed by atoms with Crippen LogP contribution >= 0.6 is 0 Å². The number of carbonyl (C=O) groups is 2. The van der Waals surface area contributed by atoms with E-state index in [0.717, 1.165) is 16.5 Å². The van der Waals surface area contributed by atoms with Crippen molar-refractivity contribution in [3.05, 3.63) is 70.3 Å². The Hall–Kier alpha value is -3.87. The Morgan fingerprint density at radius 1 is 1.06 bits per heavy atom. The van der Waals surface area contributed by atoms with Crippen molar-refractivity contribution in [3.63, 3.8) is 0 Å². The van der Waals surface area contributed by atoms with Crippen LogP contribution < -0.4 is 16.0 Å². The van der Waals surface area contributed by atoms with Crippen molar-refractivity contribution in [2.75, 3.05) is 0 Å². The van der Waals surface area contributed by atoms with Crippen LogP contribution in [0.4, 0.5) is 0 Å². The molecule has 0 bridgehead atoms. The van der Waals surface area contributed by atoms with Crippen molar-refractivity contribution in [2.24, 2.45) is 5.92 Å². The Morgan fingerprint density at radius 2 is 1.78 bits per heavy atom. The number of nitrogens with one attached hydrogen (secondary N) is 1.